The second-order valence-electron chi connectivity index (χ2n) is 6.15. The minimum atomic E-state index is -0.969. The predicted octanol–water partition coefficient (Wildman–Crippen LogP) is 3.74. The average Bonchev–Trinajstić information content (AvgIpc) is 3.03. The molecule has 1 aliphatic heterocycles. The van der Waals surface area contributed by atoms with E-state index in [0.29, 0.717) is 17.7 Å². The van der Waals surface area contributed by atoms with Crippen molar-refractivity contribution in [3.63, 3.8) is 0 Å². The Kier molecular flexibility index (Phi) is 6.23. The number of aliphatic carboxylic acids is 1. The lowest BCUT2D eigenvalue weighted by atomic mass is 10.1. The van der Waals surface area contributed by atoms with Crippen LogP contribution in [0.2, 0.25) is 0 Å². The van der Waals surface area contributed by atoms with E-state index in [1.165, 1.54) is 18.1 Å². The third-order valence-corrected chi connectivity index (χ3v) is 5.58. The molecule has 1 amide bonds. The Bertz CT molecular complexity index is 988. The minimum absolute atomic E-state index is 0.0974. The van der Waals surface area contributed by atoms with E-state index in [4.69, 9.17) is 4.74 Å². The van der Waals surface area contributed by atoms with Gasteiger partial charge in [0.2, 0.25) is 0 Å². The minimum Gasteiger partial charge on any atom is -0.504 e. The van der Waals surface area contributed by atoms with E-state index in [0.717, 1.165) is 11.8 Å². The number of amidine groups is 1. The van der Waals surface area contributed by atoms with E-state index in [2.05, 4.69) is 4.99 Å². The smallest absolute Gasteiger partial charge is 0.317 e. The molecule has 1 unspecified atom stereocenters. The highest BCUT2D eigenvalue weighted by Gasteiger charge is 2.34. The van der Waals surface area contributed by atoms with Gasteiger partial charge in [0.05, 0.1) is 12.8 Å². The van der Waals surface area contributed by atoms with Crippen molar-refractivity contribution in [1.82, 2.24) is 0 Å². The summed E-state index contributed by atoms with van der Waals surface area (Å²) in [5, 5.41) is 19.3. The van der Waals surface area contributed by atoms with E-state index >= 15 is 0 Å². The van der Waals surface area contributed by atoms with Gasteiger partial charge in [-0.25, -0.2) is 4.99 Å². The molecule has 0 spiro atoms. The standard InChI is InChI=1S/C21H20N2O5S/c1-3-17(20(26)27)29-21-22-15(12-13-8-7-11-16(28-2)18(13)24)19(25)23(21)14-9-5-4-6-10-14/h4-12,17,24H,3H2,1-2H3,(H,26,27)/b15-12-. The van der Waals surface area contributed by atoms with E-state index in [1.54, 1.807) is 49.4 Å². The van der Waals surface area contributed by atoms with Gasteiger partial charge >= 0.3 is 5.97 Å². The Hall–Kier alpha value is -3.26. The third kappa shape index (κ3) is 4.27. The summed E-state index contributed by atoms with van der Waals surface area (Å²) >= 11 is 1.02. The summed E-state index contributed by atoms with van der Waals surface area (Å²) in [6.07, 6.45) is 1.84. The highest BCUT2D eigenvalue weighted by molar-refractivity contribution is 8.15. The van der Waals surface area contributed by atoms with Crippen LogP contribution in [-0.2, 0) is 9.59 Å². The zero-order valence-electron chi connectivity index (χ0n) is 15.9. The second kappa shape index (κ2) is 8.83. The van der Waals surface area contributed by atoms with Gasteiger partial charge in [-0.3, -0.25) is 14.5 Å². The number of aliphatic imine (C=N–C) groups is 1. The predicted molar refractivity (Wildman–Crippen MR) is 113 cm³/mol. The number of ether oxygens (including phenoxy) is 1. The molecule has 29 heavy (non-hydrogen) atoms. The molecule has 8 heteroatoms. The first kappa shape index (κ1) is 20.5. The lowest BCUT2D eigenvalue weighted by Gasteiger charge is -2.19. The number of benzene rings is 2. The molecule has 150 valence electrons. The molecule has 7 nitrogen and oxygen atoms in total. The average molecular weight is 412 g/mol. The molecule has 0 bridgehead atoms. The first-order valence-corrected chi connectivity index (χ1v) is 9.79. The van der Waals surface area contributed by atoms with Crippen LogP contribution >= 0.6 is 11.8 Å². The summed E-state index contributed by atoms with van der Waals surface area (Å²) in [6, 6.07) is 13.8. The number of carboxylic acid groups (broad SMARTS) is 1. The molecular formula is C21H20N2O5S. The van der Waals surface area contributed by atoms with Crippen LogP contribution < -0.4 is 9.64 Å². The first-order chi connectivity index (χ1) is 14.0. The van der Waals surface area contributed by atoms with E-state index in [-0.39, 0.29) is 22.4 Å². The summed E-state index contributed by atoms with van der Waals surface area (Å²) < 4.78 is 5.10. The summed E-state index contributed by atoms with van der Waals surface area (Å²) in [6.45, 7) is 1.76. The maximum atomic E-state index is 13.1. The number of hydrogen-bond acceptors (Lipinski definition) is 6. The van der Waals surface area contributed by atoms with Crippen molar-refractivity contribution in [3.05, 3.63) is 59.8 Å². The second-order valence-corrected chi connectivity index (χ2v) is 7.32. The van der Waals surface area contributed by atoms with Gasteiger partial charge in [-0.1, -0.05) is 49.0 Å². The van der Waals surface area contributed by atoms with Gasteiger partial charge in [-0.05, 0) is 30.7 Å². The first-order valence-electron chi connectivity index (χ1n) is 8.91. The van der Waals surface area contributed by atoms with Gasteiger partial charge in [0.15, 0.2) is 16.7 Å². The number of phenolic OH excluding ortho intramolecular Hbond substituents is 1. The molecule has 1 aliphatic rings. The number of amides is 1. The van der Waals surface area contributed by atoms with Gasteiger partial charge in [-0.15, -0.1) is 0 Å². The van der Waals surface area contributed by atoms with Crippen molar-refractivity contribution in [3.8, 4) is 11.5 Å². The van der Waals surface area contributed by atoms with Crippen LogP contribution in [0.5, 0.6) is 11.5 Å². The highest BCUT2D eigenvalue weighted by atomic mass is 32.2. The number of carbonyl (C=O) groups is 2. The maximum absolute atomic E-state index is 13.1. The fraction of sp³-hybridized carbons (Fsp3) is 0.190. The number of carboxylic acids is 1. The summed E-state index contributed by atoms with van der Waals surface area (Å²) in [5.74, 6) is -1.19. The molecule has 0 aromatic heterocycles. The molecule has 0 saturated carbocycles. The topological polar surface area (TPSA) is 99.4 Å². The number of thioether (sulfide) groups is 1. The Labute approximate surface area is 172 Å². The number of hydrogen-bond donors (Lipinski definition) is 2. The van der Waals surface area contributed by atoms with Crippen LogP contribution in [0, 0.1) is 0 Å². The van der Waals surface area contributed by atoms with Crippen LogP contribution in [0.25, 0.3) is 6.08 Å². The largest absolute Gasteiger partial charge is 0.504 e. The summed E-state index contributed by atoms with van der Waals surface area (Å²) in [7, 11) is 1.44. The quantitative estimate of drug-likeness (QED) is 0.701. The lowest BCUT2D eigenvalue weighted by Crippen LogP contribution is -2.32. The number of anilines is 1. The third-order valence-electron chi connectivity index (χ3n) is 4.28. The Morgan fingerprint density at radius 2 is 1.97 bits per heavy atom. The van der Waals surface area contributed by atoms with Crippen molar-refractivity contribution in [2.45, 2.75) is 18.6 Å². The molecule has 0 saturated heterocycles. The van der Waals surface area contributed by atoms with Crippen molar-refractivity contribution in [2.75, 3.05) is 12.0 Å². The van der Waals surface area contributed by atoms with Crippen molar-refractivity contribution >= 4 is 40.6 Å². The molecule has 0 radical (unpaired) electrons. The Morgan fingerprint density at radius 3 is 2.59 bits per heavy atom. The monoisotopic (exact) mass is 412 g/mol. The van der Waals surface area contributed by atoms with E-state index in [1.807, 2.05) is 6.07 Å². The molecule has 0 fully saturated rings. The molecule has 2 aromatic rings. The van der Waals surface area contributed by atoms with Crippen LogP contribution in [0.1, 0.15) is 18.9 Å². The van der Waals surface area contributed by atoms with Crippen molar-refractivity contribution in [2.24, 2.45) is 4.99 Å². The number of rotatable bonds is 6. The number of carbonyl (C=O) groups excluding carboxylic acids is 1. The number of methoxy groups -OCH3 is 1. The van der Waals surface area contributed by atoms with E-state index < -0.39 is 17.1 Å². The van der Waals surface area contributed by atoms with E-state index in [9.17, 15) is 19.8 Å². The molecule has 1 heterocycles. The number of nitrogens with zero attached hydrogens (tertiary/aromatic N) is 2. The van der Waals surface area contributed by atoms with Crippen LogP contribution in [0.3, 0.4) is 0 Å². The summed E-state index contributed by atoms with van der Waals surface area (Å²) in [5.41, 5.74) is 1.06. The van der Waals surface area contributed by atoms with Gasteiger partial charge in [0, 0.05) is 5.56 Å². The van der Waals surface area contributed by atoms with Gasteiger partial charge in [0.25, 0.3) is 5.91 Å². The normalized spacial score (nSPS) is 16.1. The fourth-order valence-electron chi connectivity index (χ4n) is 2.78. The molecule has 2 N–H and O–H groups in total. The number of aromatic hydroxyl groups is 1. The van der Waals surface area contributed by atoms with Crippen molar-refractivity contribution < 1.29 is 24.5 Å². The van der Waals surface area contributed by atoms with Crippen LogP contribution in [0.4, 0.5) is 5.69 Å². The van der Waals surface area contributed by atoms with Gasteiger partial charge in [-0.2, -0.15) is 0 Å². The van der Waals surface area contributed by atoms with Crippen molar-refractivity contribution in [1.29, 1.82) is 0 Å². The van der Waals surface area contributed by atoms with Gasteiger partial charge in [0.1, 0.15) is 10.9 Å². The van der Waals surface area contributed by atoms with Gasteiger partial charge < -0.3 is 14.9 Å². The molecular weight excluding hydrogens is 392 g/mol. The molecule has 1 atom stereocenters. The number of phenols is 1. The molecule has 2 aromatic carbocycles. The molecule has 0 aliphatic carbocycles. The van der Waals surface area contributed by atoms with Crippen LogP contribution in [0.15, 0.2) is 59.2 Å². The lowest BCUT2D eigenvalue weighted by molar-refractivity contribution is -0.136. The Morgan fingerprint density at radius 1 is 1.24 bits per heavy atom. The molecule has 3 rings (SSSR count). The summed E-state index contributed by atoms with van der Waals surface area (Å²) in [4.78, 5) is 30.4. The highest BCUT2D eigenvalue weighted by Crippen LogP contribution is 2.35. The zero-order chi connectivity index (χ0) is 21.0. The maximum Gasteiger partial charge on any atom is 0.317 e. The SMILES string of the molecule is CCC(SC1=N/C(=C\c2cccc(OC)c2O)C(=O)N1c1ccccc1)C(=O)O. The Balaban J connectivity index is 2.05. The zero-order valence-corrected chi connectivity index (χ0v) is 16.7. The fourth-order valence-corrected chi connectivity index (χ4v) is 3.75. The van der Waals surface area contributed by atoms with Crippen LogP contribution in [-0.4, -0.2) is 39.6 Å². The number of para-hydroxylation sites is 2.